The third kappa shape index (κ3) is 6.16. The summed E-state index contributed by atoms with van der Waals surface area (Å²) in [5, 5.41) is 3.24. The molecule has 0 aliphatic heterocycles. The Kier molecular flexibility index (Phi) is 7.68. The van der Waals surface area contributed by atoms with E-state index in [0.29, 0.717) is 5.69 Å². The van der Waals surface area contributed by atoms with E-state index in [1.807, 2.05) is 11.8 Å². The molecule has 1 heterocycles. The predicted octanol–water partition coefficient (Wildman–Crippen LogP) is 2.45. The van der Waals surface area contributed by atoms with Crippen molar-refractivity contribution in [1.29, 1.82) is 0 Å². The fourth-order valence-electron chi connectivity index (χ4n) is 1.49. The van der Waals surface area contributed by atoms with E-state index in [1.54, 1.807) is 12.4 Å². The molecule has 0 saturated carbocycles. The van der Waals surface area contributed by atoms with Crippen molar-refractivity contribution in [3.8, 4) is 0 Å². The van der Waals surface area contributed by atoms with Crippen molar-refractivity contribution < 1.29 is 0 Å². The molecule has 0 radical (unpaired) electrons. The Hall–Kier alpha value is -0.880. The highest BCUT2D eigenvalue weighted by molar-refractivity contribution is 7.98. The van der Waals surface area contributed by atoms with Gasteiger partial charge in [0.1, 0.15) is 16.5 Å². The summed E-state index contributed by atoms with van der Waals surface area (Å²) in [4.78, 5) is 8.61. The summed E-state index contributed by atoms with van der Waals surface area (Å²) in [6.45, 7) is 0.931. The first-order valence-corrected chi connectivity index (χ1v) is 7.89. The molecule has 3 N–H and O–H groups in total. The van der Waals surface area contributed by atoms with Crippen molar-refractivity contribution in [2.75, 3.05) is 23.9 Å². The first-order chi connectivity index (χ1) is 8.74. The van der Waals surface area contributed by atoms with Gasteiger partial charge >= 0.3 is 0 Å². The fraction of sp³-hybridized carbons (Fsp3) is 0.583. The lowest BCUT2D eigenvalue weighted by atomic mass is 10.2. The van der Waals surface area contributed by atoms with Crippen LogP contribution < -0.4 is 11.1 Å². The maximum atomic E-state index is 5.45. The molecule has 1 aromatic rings. The van der Waals surface area contributed by atoms with Gasteiger partial charge in [-0.05, 0) is 24.9 Å². The van der Waals surface area contributed by atoms with Gasteiger partial charge in [0.15, 0.2) is 0 Å². The molecule has 0 aliphatic rings. The van der Waals surface area contributed by atoms with Gasteiger partial charge < -0.3 is 11.1 Å². The standard InChI is InChI=1S/C12H20N4S2/c1-18-7-5-3-2-4-6-14-11-9-15-10(8-16-11)12(13)17/h8-9H,2-7H2,1H3,(H2,13,17)(H,14,16). The summed E-state index contributed by atoms with van der Waals surface area (Å²) in [7, 11) is 0. The number of hydrogen-bond acceptors (Lipinski definition) is 5. The summed E-state index contributed by atoms with van der Waals surface area (Å²) in [6, 6.07) is 0. The lowest BCUT2D eigenvalue weighted by Gasteiger charge is -2.05. The highest BCUT2D eigenvalue weighted by Gasteiger charge is 1.99. The number of unbranched alkanes of at least 4 members (excludes halogenated alkanes) is 3. The normalized spacial score (nSPS) is 10.3. The number of thioether (sulfide) groups is 1. The minimum absolute atomic E-state index is 0.280. The molecule has 0 saturated heterocycles. The van der Waals surface area contributed by atoms with E-state index < -0.39 is 0 Å². The van der Waals surface area contributed by atoms with Gasteiger partial charge in [0, 0.05) is 6.54 Å². The minimum atomic E-state index is 0.280. The van der Waals surface area contributed by atoms with Crippen LogP contribution in [0.1, 0.15) is 31.4 Å². The van der Waals surface area contributed by atoms with E-state index in [-0.39, 0.29) is 4.99 Å². The van der Waals surface area contributed by atoms with Crippen molar-refractivity contribution in [2.45, 2.75) is 25.7 Å². The monoisotopic (exact) mass is 284 g/mol. The number of thiocarbonyl (C=S) groups is 1. The zero-order chi connectivity index (χ0) is 13.2. The maximum Gasteiger partial charge on any atom is 0.144 e. The maximum absolute atomic E-state index is 5.45. The van der Waals surface area contributed by atoms with Gasteiger partial charge in [0.2, 0.25) is 0 Å². The van der Waals surface area contributed by atoms with Gasteiger partial charge in [-0.15, -0.1) is 0 Å². The van der Waals surface area contributed by atoms with Gasteiger partial charge in [-0.25, -0.2) is 9.97 Å². The van der Waals surface area contributed by atoms with E-state index in [1.165, 1.54) is 25.0 Å². The number of aromatic nitrogens is 2. The van der Waals surface area contributed by atoms with Gasteiger partial charge in [0.05, 0.1) is 12.4 Å². The van der Waals surface area contributed by atoms with Crippen LogP contribution >= 0.6 is 24.0 Å². The first kappa shape index (κ1) is 15.2. The summed E-state index contributed by atoms with van der Waals surface area (Å²) >= 11 is 6.73. The van der Waals surface area contributed by atoms with Crippen LogP contribution in [0.2, 0.25) is 0 Å². The highest BCUT2D eigenvalue weighted by atomic mass is 32.2. The molecule has 4 nitrogen and oxygen atoms in total. The molecule has 0 bridgehead atoms. The molecule has 0 fully saturated rings. The second-order valence-corrected chi connectivity index (χ2v) is 5.41. The second kappa shape index (κ2) is 9.10. The predicted molar refractivity (Wildman–Crippen MR) is 83.3 cm³/mol. The number of nitrogens with one attached hydrogen (secondary N) is 1. The Morgan fingerprint density at radius 2 is 2.06 bits per heavy atom. The SMILES string of the molecule is CSCCCCCCNc1cnc(C(N)=S)cn1. The molecule has 0 amide bonds. The van der Waals surface area contributed by atoms with Crippen molar-refractivity contribution in [3.05, 3.63) is 18.1 Å². The van der Waals surface area contributed by atoms with Crippen LogP contribution in [0.5, 0.6) is 0 Å². The number of hydrogen-bond donors (Lipinski definition) is 2. The quantitative estimate of drug-likeness (QED) is 0.536. The van der Waals surface area contributed by atoms with Crippen molar-refractivity contribution in [1.82, 2.24) is 9.97 Å². The molecule has 0 spiro atoms. The number of anilines is 1. The lowest BCUT2D eigenvalue weighted by molar-refractivity contribution is 0.688. The van der Waals surface area contributed by atoms with Crippen LogP contribution in [0.15, 0.2) is 12.4 Å². The molecule has 0 atom stereocenters. The summed E-state index contributed by atoms with van der Waals surface area (Å²) in [6.07, 6.45) is 10.4. The summed E-state index contributed by atoms with van der Waals surface area (Å²) in [5.74, 6) is 2.04. The van der Waals surface area contributed by atoms with E-state index in [9.17, 15) is 0 Å². The molecule has 0 aliphatic carbocycles. The first-order valence-electron chi connectivity index (χ1n) is 6.08. The van der Waals surface area contributed by atoms with Crippen LogP contribution in [-0.4, -0.2) is 33.5 Å². The van der Waals surface area contributed by atoms with Crippen LogP contribution in [-0.2, 0) is 0 Å². The molecule has 100 valence electrons. The van der Waals surface area contributed by atoms with Crippen LogP contribution in [0, 0.1) is 0 Å². The van der Waals surface area contributed by atoms with Crippen LogP contribution in [0.3, 0.4) is 0 Å². The van der Waals surface area contributed by atoms with Crippen molar-refractivity contribution >= 4 is 34.8 Å². The summed E-state index contributed by atoms with van der Waals surface area (Å²) < 4.78 is 0. The van der Waals surface area contributed by atoms with Gasteiger partial charge in [-0.2, -0.15) is 11.8 Å². The van der Waals surface area contributed by atoms with Crippen LogP contribution in [0.4, 0.5) is 5.82 Å². The van der Waals surface area contributed by atoms with Gasteiger partial charge in [0.25, 0.3) is 0 Å². The topological polar surface area (TPSA) is 63.8 Å². The Bertz CT molecular complexity index is 354. The van der Waals surface area contributed by atoms with Gasteiger partial charge in [-0.1, -0.05) is 25.1 Å². The molecule has 0 unspecified atom stereocenters. The zero-order valence-corrected chi connectivity index (χ0v) is 12.3. The van der Waals surface area contributed by atoms with E-state index in [4.69, 9.17) is 18.0 Å². The van der Waals surface area contributed by atoms with E-state index in [2.05, 4.69) is 21.5 Å². The van der Waals surface area contributed by atoms with Crippen molar-refractivity contribution in [2.24, 2.45) is 5.73 Å². The van der Waals surface area contributed by atoms with Crippen LogP contribution in [0.25, 0.3) is 0 Å². The average Bonchev–Trinajstić information content (AvgIpc) is 2.38. The number of rotatable bonds is 9. The fourth-order valence-corrected chi connectivity index (χ4v) is 2.09. The third-order valence-corrected chi connectivity index (χ3v) is 3.39. The average molecular weight is 284 g/mol. The Labute approximate surface area is 118 Å². The Morgan fingerprint density at radius 1 is 1.28 bits per heavy atom. The Balaban J connectivity index is 2.14. The third-order valence-electron chi connectivity index (χ3n) is 2.49. The zero-order valence-electron chi connectivity index (χ0n) is 10.7. The highest BCUT2D eigenvalue weighted by Crippen LogP contribution is 2.06. The van der Waals surface area contributed by atoms with Gasteiger partial charge in [-0.3, -0.25) is 0 Å². The minimum Gasteiger partial charge on any atom is -0.388 e. The smallest absolute Gasteiger partial charge is 0.144 e. The van der Waals surface area contributed by atoms with E-state index in [0.717, 1.165) is 18.8 Å². The number of nitrogens with zero attached hydrogens (tertiary/aromatic N) is 2. The second-order valence-electron chi connectivity index (χ2n) is 3.98. The molecule has 18 heavy (non-hydrogen) atoms. The lowest BCUT2D eigenvalue weighted by Crippen LogP contribution is -2.12. The molecular weight excluding hydrogens is 264 g/mol. The molecule has 0 aromatic carbocycles. The summed E-state index contributed by atoms with van der Waals surface area (Å²) in [5.41, 5.74) is 6.01. The Morgan fingerprint density at radius 3 is 2.67 bits per heavy atom. The molecule has 1 rings (SSSR count). The largest absolute Gasteiger partial charge is 0.388 e. The molecular formula is C12H20N4S2. The van der Waals surface area contributed by atoms with E-state index >= 15 is 0 Å². The van der Waals surface area contributed by atoms with Crippen molar-refractivity contribution in [3.63, 3.8) is 0 Å². The molecule has 1 aromatic heterocycles. The molecule has 6 heteroatoms. The number of nitrogens with two attached hydrogens (primary N) is 1.